The maximum Gasteiger partial charge on any atom is 0.206 e. The molecular formula is C9H14O2. The molecule has 0 saturated carbocycles. The van der Waals surface area contributed by atoms with Crippen molar-refractivity contribution >= 4 is 0 Å². The second-order valence-electron chi connectivity index (χ2n) is 4.01. The molecule has 0 bridgehead atoms. The lowest BCUT2D eigenvalue weighted by atomic mass is 9.85. The molecule has 0 aliphatic carbocycles. The molecule has 0 spiro atoms. The van der Waals surface area contributed by atoms with Crippen LogP contribution in [-0.4, -0.2) is 12.7 Å². The fourth-order valence-electron chi connectivity index (χ4n) is 2.06. The summed E-state index contributed by atoms with van der Waals surface area (Å²) >= 11 is 0. The summed E-state index contributed by atoms with van der Waals surface area (Å²) in [5, 5.41) is 11.4. The van der Waals surface area contributed by atoms with E-state index in [0.717, 1.165) is 13.0 Å². The lowest BCUT2D eigenvalue weighted by Gasteiger charge is -2.28. The average Bonchev–Trinajstić information content (AvgIpc) is 2.41. The Morgan fingerprint density at radius 2 is 2.36 bits per heavy atom. The smallest absolute Gasteiger partial charge is 0.206 e. The van der Waals surface area contributed by atoms with E-state index in [1.54, 1.807) is 6.26 Å². The van der Waals surface area contributed by atoms with Crippen molar-refractivity contribution < 1.29 is 9.47 Å². The van der Waals surface area contributed by atoms with Gasteiger partial charge in [0.2, 0.25) is 6.26 Å². The van der Waals surface area contributed by atoms with Gasteiger partial charge in [-0.15, -0.1) is 0 Å². The summed E-state index contributed by atoms with van der Waals surface area (Å²) in [5.41, 5.74) is -0.152. The van der Waals surface area contributed by atoms with Gasteiger partial charge in [0.1, 0.15) is 0 Å². The predicted molar refractivity (Wildman–Crippen MR) is 40.8 cm³/mol. The fourth-order valence-corrected chi connectivity index (χ4v) is 2.06. The summed E-state index contributed by atoms with van der Waals surface area (Å²) in [6.07, 6.45) is 4.50. The molecule has 2 aliphatic heterocycles. The molecule has 0 radical (unpaired) electrons. The van der Waals surface area contributed by atoms with Gasteiger partial charge in [-0.25, -0.2) is 0 Å². The molecule has 1 unspecified atom stereocenters. The predicted octanol–water partition coefficient (Wildman–Crippen LogP) is 0.943. The van der Waals surface area contributed by atoms with Crippen LogP contribution in [0.3, 0.4) is 0 Å². The molecule has 11 heavy (non-hydrogen) atoms. The van der Waals surface area contributed by atoms with E-state index in [-0.39, 0.29) is 11.2 Å². The van der Waals surface area contributed by atoms with Crippen LogP contribution >= 0.6 is 0 Å². The summed E-state index contributed by atoms with van der Waals surface area (Å²) in [6.45, 7) is 5.07. The maximum absolute atomic E-state index is 11.4. The monoisotopic (exact) mass is 154 g/mol. The Morgan fingerprint density at radius 1 is 1.64 bits per heavy atom. The van der Waals surface area contributed by atoms with Crippen molar-refractivity contribution in [2.45, 2.75) is 32.8 Å². The average molecular weight is 154 g/mol. The fraction of sp³-hybridized carbons (Fsp3) is 0.778. The zero-order valence-corrected chi connectivity index (χ0v) is 7.09. The summed E-state index contributed by atoms with van der Waals surface area (Å²) in [6, 6.07) is 0. The topological polar surface area (TPSA) is 25.8 Å². The van der Waals surface area contributed by atoms with Crippen LogP contribution in [-0.2, 0) is 4.37 Å². The highest BCUT2D eigenvalue weighted by Crippen LogP contribution is 2.45. The summed E-state index contributed by atoms with van der Waals surface area (Å²) < 4.78 is 3.00. The first-order chi connectivity index (χ1) is 5.12. The van der Waals surface area contributed by atoms with Crippen molar-refractivity contribution in [3.05, 3.63) is 12.0 Å². The molecular weight excluding hydrogens is 140 g/mol. The van der Waals surface area contributed by atoms with Crippen molar-refractivity contribution in [2.75, 3.05) is 6.61 Å². The lowest BCUT2D eigenvalue weighted by molar-refractivity contribution is -0.322. The normalized spacial score (nSPS) is 33.8. The summed E-state index contributed by atoms with van der Waals surface area (Å²) in [4.78, 5) is 0. The van der Waals surface area contributed by atoms with E-state index in [4.69, 9.17) is 0 Å². The third-order valence-corrected chi connectivity index (χ3v) is 2.91. The Bertz CT molecular complexity index is 206. The third kappa shape index (κ3) is 0.784. The molecule has 0 N–H and O–H groups in total. The SMILES string of the molecule is CC1(C)C([O-])=C[O+]2CCCC21. The first kappa shape index (κ1) is 7.01. The van der Waals surface area contributed by atoms with Gasteiger partial charge in [0, 0.05) is 12.8 Å². The van der Waals surface area contributed by atoms with Crippen LogP contribution in [0.25, 0.3) is 0 Å². The van der Waals surface area contributed by atoms with Crippen molar-refractivity contribution in [2.24, 2.45) is 5.41 Å². The molecule has 0 aromatic heterocycles. The Morgan fingerprint density at radius 3 is 3.00 bits per heavy atom. The van der Waals surface area contributed by atoms with Crippen molar-refractivity contribution in [1.82, 2.24) is 0 Å². The van der Waals surface area contributed by atoms with Crippen LogP contribution in [0.15, 0.2) is 12.0 Å². The maximum atomic E-state index is 11.4. The molecule has 0 amide bonds. The Kier molecular flexibility index (Phi) is 1.23. The van der Waals surface area contributed by atoms with E-state index in [9.17, 15) is 5.11 Å². The van der Waals surface area contributed by atoms with Crippen molar-refractivity contribution in [3.8, 4) is 0 Å². The number of hydrogen-bond acceptors (Lipinski definition) is 1. The molecule has 0 aromatic carbocycles. The molecule has 2 heterocycles. The van der Waals surface area contributed by atoms with E-state index in [1.165, 1.54) is 6.42 Å². The summed E-state index contributed by atoms with van der Waals surface area (Å²) in [5.74, 6) is 0.271. The standard InChI is InChI=1S/C9H14O2/c1-9(2)7(10)6-11-5-3-4-8(9)11/h6,8H,3-5H2,1-2H3. The summed E-state index contributed by atoms with van der Waals surface area (Å²) in [7, 11) is 0. The molecule has 1 saturated heterocycles. The van der Waals surface area contributed by atoms with Crippen LogP contribution in [0.4, 0.5) is 0 Å². The first-order valence-electron chi connectivity index (χ1n) is 4.20. The van der Waals surface area contributed by atoms with Gasteiger partial charge in [0.05, 0.1) is 5.41 Å². The second-order valence-corrected chi connectivity index (χ2v) is 4.01. The van der Waals surface area contributed by atoms with Crippen LogP contribution < -0.4 is 5.11 Å². The number of hydrogen-bond donors (Lipinski definition) is 0. The van der Waals surface area contributed by atoms with Crippen molar-refractivity contribution in [1.29, 1.82) is 0 Å². The third-order valence-electron chi connectivity index (χ3n) is 2.91. The minimum atomic E-state index is -0.152. The van der Waals surface area contributed by atoms with E-state index in [2.05, 4.69) is 4.37 Å². The van der Waals surface area contributed by atoms with Crippen LogP contribution in [0.1, 0.15) is 26.7 Å². The number of fused-ring (bicyclic) bond motifs is 1. The van der Waals surface area contributed by atoms with Crippen LogP contribution in [0, 0.1) is 5.41 Å². The Balaban J connectivity index is 2.30. The van der Waals surface area contributed by atoms with Gasteiger partial charge in [0.25, 0.3) is 0 Å². The molecule has 1 fully saturated rings. The van der Waals surface area contributed by atoms with Crippen LogP contribution in [0.5, 0.6) is 0 Å². The molecule has 2 rings (SSSR count). The van der Waals surface area contributed by atoms with E-state index >= 15 is 0 Å². The molecule has 1 atom stereocenters. The molecule has 2 nitrogen and oxygen atoms in total. The quantitative estimate of drug-likeness (QED) is 0.477. The second kappa shape index (κ2) is 1.93. The van der Waals surface area contributed by atoms with E-state index in [0.29, 0.717) is 6.10 Å². The van der Waals surface area contributed by atoms with Gasteiger partial charge in [-0.2, -0.15) is 0 Å². The highest BCUT2D eigenvalue weighted by molar-refractivity contribution is 5.11. The zero-order chi connectivity index (χ0) is 8.06. The largest absolute Gasteiger partial charge is 0.869 e. The zero-order valence-electron chi connectivity index (χ0n) is 7.09. The van der Waals surface area contributed by atoms with Crippen LogP contribution in [0.2, 0.25) is 0 Å². The van der Waals surface area contributed by atoms with Gasteiger partial charge in [-0.3, -0.25) is 0 Å². The highest BCUT2D eigenvalue weighted by Gasteiger charge is 2.46. The van der Waals surface area contributed by atoms with Gasteiger partial charge in [0.15, 0.2) is 12.7 Å². The lowest BCUT2D eigenvalue weighted by Crippen LogP contribution is -2.32. The van der Waals surface area contributed by atoms with Crippen molar-refractivity contribution in [3.63, 3.8) is 0 Å². The van der Waals surface area contributed by atoms with Gasteiger partial charge in [-0.1, -0.05) is 0 Å². The minimum absolute atomic E-state index is 0.152. The van der Waals surface area contributed by atoms with Gasteiger partial charge in [-0.05, 0) is 19.6 Å². The first-order valence-corrected chi connectivity index (χ1v) is 4.20. The number of rotatable bonds is 0. The Hall–Kier alpha value is -0.660. The Labute approximate surface area is 67.2 Å². The minimum Gasteiger partial charge on any atom is -0.869 e. The van der Waals surface area contributed by atoms with Gasteiger partial charge < -0.3 is 9.47 Å². The van der Waals surface area contributed by atoms with E-state index in [1.807, 2.05) is 13.8 Å². The highest BCUT2D eigenvalue weighted by atomic mass is 16.7. The molecule has 62 valence electrons. The molecule has 2 aliphatic rings. The van der Waals surface area contributed by atoms with E-state index < -0.39 is 0 Å². The molecule has 0 aromatic rings. The van der Waals surface area contributed by atoms with Gasteiger partial charge >= 0.3 is 0 Å². The molecule has 2 heteroatoms.